The number of amides is 1. The zero-order valence-electron chi connectivity index (χ0n) is 19.3. The van der Waals surface area contributed by atoms with Crippen molar-refractivity contribution in [2.45, 2.75) is 11.7 Å². The number of aromatic nitrogens is 4. The number of rotatable bonds is 8. The summed E-state index contributed by atoms with van der Waals surface area (Å²) in [6, 6.07) is 25.6. The zero-order valence-corrected chi connectivity index (χ0v) is 20.1. The van der Waals surface area contributed by atoms with Crippen molar-refractivity contribution in [1.29, 1.82) is 0 Å². The average molecular weight is 496 g/mol. The lowest BCUT2D eigenvalue weighted by molar-refractivity contribution is -0.113. The fourth-order valence-corrected chi connectivity index (χ4v) is 4.61. The summed E-state index contributed by atoms with van der Waals surface area (Å²) in [7, 11) is 0. The summed E-state index contributed by atoms with van der Waals surface area (Å²) < 4.78 is 15.1. The minimum Gasteiger partial charge on any atom is -0.325 e. The fourth-order valence-electron chi connectivity index (χ4n) is 3.87. The predicted molar refractivity (Wildman–Crippen MR) is 142 cm³/mol. The van der Waals surface area contributed by atoms with E-state index in [0.29, 0.717) is 23.2 Å². The van der Waals surface area contributed by atoms with E-state index >= 15 is 0 Å². The van der Waals surface area contributed by atoms with Gasteiger partial charge in [0.15, 0.2) is 11.0 Å². The fraction of sp³-hybridized carbons (Fsp3) is 0.0714. The van der Waals surface area contributed by atoms with Gasteiger partial charge in [0.1, 0.15) is 5.82 Å². The SMILES string of the molecule is C=CCn1c(SCC(=O)Nc2ccc(F)cc2)nnc1-c1cc(-c2ccccc2)nc2ccccc12. The van der Waals surface area contributed by atoms with Crippen LogP contribution < -0.4 is 5.32 Å². The molecule has 178 valence electrons. The first-order valence-corrected chi connectivity index (χ1v) is 12.3. The molecule has 2 aromatic heterocycles. The van der Waals surface area contributed by atoms with Crippen molar-refractivity contribution in [2.24, 2.45) is 0 Å². The first-order valence-electron chi connectivity index (χ1n) is 11.3. The maximum atomic E-state index is 13.1. The lowest BCUT2D eigenvalue weighted by Crippen LogP contribution is -2.14. The highest BCUT2D eigenvalue weighted by Gasteiger charge is 2.18. The number of para-hydroxylation sites is 1. The highest BCUT2D eigenvalue weighted by molar-refractivity contribution is 7.99. The molecule has 1 amide bonds. The molecule has 6 nitrogen and oxygen atoms in total. The van der Waals surface area contributed by atoms with Gasteiger partial charge in [-0.15, -0.1) is 16.8 Å². The number of benzene rings is 3. The second-order valence-electron chi connectivity index (χ2n) is 7.99. The van der Waals surface area contributed by atoms with Gasteiger partial charge in [0.2, 0.25) is 5.91 Å². The molecule has 3 aromatic carbocycles. The number of nitrogens with zero attached hydrogens (tertiary/aromatic N) is 4. The summed E-state index contributed by atoms with van der Waals surface area (Å²) in [6.45, 7) is 4.36. The molecule has 0 spiro atoms. The molecule has 0 aliphatic heterocycles. The number of nitrogens with one attached hydrogen (secondary N) is 1. The number of anilines is 1. The largest absolute Gasteiger partial charge is 0.325 e. The Labute approximate surface area is 211 Å². The van der Waals surface area contributed by atoms with Crippen LogP contribution in [0.3, 0.4) is 0 Å². The minimum absolute atomic E-state index is 0.124. The van der Waals surface area contributed by atoms with E-state index in [9.17, 15) is 9.18 Å². The molecule has 5 rings (SSSR count). The van der Waals surface area contributed by atoms with Crippen molar-refractivity contribution in [3.8, 4) is 22.6 Å². The van der Waals surface area contributed by atoms with Crippen molar-refractivity contribution in [3.05, 3.63) is 103 Å². The van der Waals surface area contributed by atoms with E-state index in [2.05, 4.69) is 22.1 Å². The molecule has 0 aliphatic rings. The number of fused-ring (bicyclic) bond motifs is 1. The Kier molecular flexibility index (Phi) is 6.86. The van der Waals surface area contributed by atoms with Gasteiger partial charge in [-0.3, -0.25) is 9.36 Å². The number of halogens is 1. The summed E-state index contributed by atoms with van der Waals surface area (Å²) in [5, 5.41) is 13.2. The van der Waals surface area contributed by atoms with E-state index in [4.69, 9.17) is 4.98 Å². The van der Waals surface area contributed by atoms with Gasteiger partial charge in [0.05, 0.1) is 17.0 Å². The second kappa shape index (κ2) is 10.5. The van der Waals surface area contributed by atoms with Gasteiger partial charge >= 0.3 is 0 Å². The molecule has 0 atom stereocenters. The molecule has 1 N–H and O–H groups in total. The van der Waals surface area contributed by atoms with Crippen molar-refractivity contribution in [3.63, 3.8) is 0 Å². The van der Waals surface area contributed by atoms with E-state index in [-0.39, 0.29) is 17.5 Å². The third kappa shape index (κ3) is 5.04. The number of hydrogen-bond donors (Lipinski definition) is 1. The van der Waals surface area contributed by atoms with Crippen LogP contribution in [0.5, 0.6) is 0 Å². The molecule has 0 radical (unpaired) electrons. The van der Waals surface area contributed by atoms with E-state index in [1.165, 1.54) is 36.0 Å². The van der Waals surface area contributed by atoms with Crippen molar-refractivity contribution < 1.29 is 9.18 Å². The Hall–Kier alpha value is -4.30. The number of thioether (sulfide) groups is 1. The van der Waals surface area contributed by atoms with Gasteiger partial charge in [0, 0.05) is 28.7 Å². The van der Waals surface area contributed by atoms with E-state index in [1.807, 2.05) is 65.2 Å². The number of carbonyl (C=O) groups excluding carboxylic acids is 1. The lowest BCUT2D eigenvalue weighted by atomic mass is 10.0. The molecule has 0 bridgehead atoms. The van der Waals surface area contributed by atoms with Crippen LogP contribution in [0.1, 0.15) is 0 Å². The lowest BCUT2D eigenvalue weighted by Gasteiger charge is -2.12. The highest BCUT2D eigenvalue weighted by Crippen LogP contribution is 2.33. The molecular weight excluding hydrogens is 473 g/mol. The average Bonchev–Trinajstić information content (AvgIpc) is 3.31. The Morgan fingerprint density at radius 1 is 1.00 bits per heavy atom. The standard InChI is InChI=1S/C28H22FN5OS/c1-2-16-34-27(32-33-28(34)36-18-26(35)30-21-14-12-20(29)13-15-21)23-17-25(19-8-4-3-5-9-19)31-24-11-7-6-10-22(23)24/h2-15,17H,1,16,18H2,(H,30,35). The maximum absolute atomic E-state index is 13.1. The number of allylic oxidation sites excluding steroid dienone is 1. The molecule has 0 fully saturated rings. The summed E-state index contributed by atoms with van der Waals surface area (Å²) in [5.41, 5.74) is 4.13. The third-order valence-corrected chi connectivity index (χ3v) is 6.48. The molecule has 0 unspecified atom stereocenters. The Bertz CT molecular complexity index is 1530. The molecular formula is C28H22FN5OS. The quantitative estimate of drug-likeness (QED) is 0.204. The van der Waals surface area contributed by atoms with Crippen LogP contribution >= 0.6 is 11.8 Å². The van der Waals surface area contributed by atoms with Crippen LogP contribution in [0, 0.1) is 5.82 Å². The van der Waals surface area contributed by atoms with Crippen LogP contribution in [-0.4, -0.2) is 31.4 Å². The van der Waals surface area contributed by atoms with Crippen molar-refractivity contribution >= 4 is 34.3 Å². The normalized spacial score (nSPS) is 10.9. The van der Waals surface area contributed by atoms with Gasteiger partial charge in [-0.2, -0.15) is 0 Å². The Balaban J connectivity index is 1.47. The van der Waals surface area contributed by atoms with Gasteiger partial charge in [-0.25, -0.2) is 9.37 Å². The van der Waals surface area contributed by atoms with Crippen LogP contribution in [0.4, 0.5) is 10.1 Å². The van der Waals surface area contributed by atoms with Gasteiger partial charge in [0.25, 0.3) is 0 Å². The monoisotopic (exact) mass is 495 g/mol. The van der Waals surface area contributed by atoms with Gasteiger partial charge in [-0.1, -0.05) is 66.4 Å². The number of carbonyl (C=O) groups is 1. The number of pyridine rings is 1. The van der Waals surface area contributed by atoms with E-state index < -0.39 is 0 Å². The van der Waals surface area contributed by atoms with Crippen LogP contribution in [0.25, 0.3) is 33.5 Å². The summed E-state index contributed by atoms with van der Waals surface area (Å²) in [5.74, 6) is 0.222. The van der Waals surface area contributed by atoms with Crippen molar-refractivity contribution in [1.82, 2.24) is 19.7 Å². The molecule has 5 aromatic rings. The molecule has 0 saturated heterocycles. The first-order chi connectivity index (χ1) is 17.6. The summed E-state index contributed by atoms with van der Waals surface area (Å²) in [4.78, 5) is 17.3. The van der Waals surface area contributed by atoms with Crippen LogP contribution in [0.15, 0.2) is 103 Å². The molecule has 8 heteroatoms. The van der Waals surface area contributed by atoms with Crippen LogP contribution in [0.2, 0.25) is 0 Å². The van der Waals surface area contributed by atoms with Crippen LogP contribution in [-0.2, 0) is 11.3 Å². The third-order valence-electron chi connectivity index (χ3n) is 5.52. The topological polar surface area (TPSA) is 72.7 Å². The predicted octanol–water partition coefficient (Wildman–Crippen LogP) is 6.22. The van der Waals surface area contributed by atoms with Crippen molar-refractivity contribution in [2.75, 3.05) is 11.1 Å². The Morgan fingerprint density at radius 3 is 2.53 bits per heavy atom. The van der Waals surface area contributed by atoms with Gasteiger partial charge < -0.3 is 5.32 Å². The van der Waals surface area contributed by atoms with E-state index in [1.54, 1.807) is 6.08 Å². The van der Waals surface area contributed by atoms with Gasteiger partial charge in [-0.05, 0) is 36.4 Å². The Morgan fingerprint density at radius 2 is 1.75 bits per heavy atom. The molecule has 36 heavy (non-hydrogen) atoms. The maximum Gasteiger partial charge on any atom is 0.234 e. The molecule has 2 heterocycles. The minimum atomic E-state index is -0.355. The smallest absolute Gasteiger partial charge is 0.234 e. The first kappa shape index (κ1) is 23.4. The summed E-state index contributed by atoms with van der Waals surface area (Å²) in [6.07, 6.45) is 1.77. The highest BCUT2D eigenvalue weighted by atomic mass is 32.2. The second-order valence-corrected chi connectivity index (χ2v) is 8.93. The number of hydrogen-bond acceptors (Lipinski definition) is 5. The molecule has 0 aliphatic carbocycles. The molecule has 0 saturated carbocycles. The van der Waals surface area contributed by atoms with E-state index in [0.717, 1.165) is 27.7 Å². The summed E-state index contributed by atoms with van der Waals surface area (Å²) >= 11 is 1.28. The zero-order chi connectivity index (χ0) is 24.9.